The minimum Gasteiger partial charge on any atom is -0.480 e. The standard InChI is InChI=1S/C10H18N2O5/c1-6-4-12(3-2-8(6)14)10(17)11-7(5-13)9(15)16/h6-8,13-14H,2-5H2,1H3,(H,11,17)(H,15,16)/t6?,7-,8?/m0/s1. The Morgan fingerprint density at radius 2 is 2.18 bits per heavy atom. The first-order valence-electron chi connectivity index (χ1n) is 5.53. The zero-order chi connectivity index (χ0) is 13.0. The van der Waals surface area contributed by atoms with E-state index in [1.807, 2.05) is 6.92 Å². The molecule has 1 fully saturated rings. The van der Waals surface area contributed by atoms with Gasteiger partial charge in [0.05, 0.1) is 12.7 Å². The van der Waals surface area contributed by atoms with Crippen molar-refractivity contribution in [2.75, 3.05) is 19.7 Å². The molecule has 17 heavy (non-hydrogen) atoms. The summed E-state index contributed by atoms with van der Waals surface area (Å²) >= 11 is 0. The van der Waals surface area contributed by atoms with E-state index in [1.54, 1.807) is 0 Å². The zero-order valence-electron chi connectivity index (χ0n) is 9.67. The highest BCUT2D eigenvalue weighted by Crippen LogP contribution is 2.16. The fourth-order valence-electron chi connectivity index (χ4n) is 1.74. The molecule has 1 rings (SSSR count). The van der Waals surface area contributed by atoms with Crippen LogP contribution in [0.5, 0.6) is 0 Å². The minimum atomic E-state index is -1.29. The number of rotatable bonds is 3. The lowest BCUT2D eigenvalue weighted by atomic mass is 9.97. The maximum atomic E-state index is 11.7. The number of carboxylic acid groups (broad SMARTS) is 1. The summed E-state index contributed by atoms with van der Waals surface area (Å²) in [4.78, 5) is 23.8. The van der Waals surface area contributed by atoms with E-state index in [0.717, 1.165) is 0 Å². The molecular formula is C10H18N2O5. The number of carbonyl (C=O) groups excluding carboxylic acids is 1. The van der Waals surface area contributed by atoms with Crippen LogP contribution in [-0.2, 0) is 4.79 Å². The molecule has 1 saturated heterocycles. The average molecular weight is 246 g/mol. The number of hydrogen-bond donors (Lipinski definition) is 4. The Balaban J connectivity index is 2.50. The van der Waals surface area contributed by atoms with Gasteiger partial charge >= 0.3 is 12.0 Å². The third kappa shape index (κ3) is 3.57. The number of aliphatic hydroxyl groups is 2. The van der Waals surface area contributed by atoms with Crippen LogP contribution in [0.1, 0.15) is 13.3 Å². The van der Waals surface area contributed by atoms with Crippen LogP contribution in [-0.4, -0.2) is 64.1 Å². The van der Waals surface area contributed by atoms with Crippen molar-refractivity contribution >= 4 is 12.0 Å². The molecule has 2 unspecified atom stereocenters. The number of aliphatic carboxylic acids is 1. The van der Waals surface area contributed by atoms with Crippen LogP contribution < -0.4 is 5.32 Å². The highest BCUT2D eigenvalue weighted by atomic mass is 16.4. The van der Waals surface area contributed by atoms with E-state index in [-0.39, 0.29) is 5.92 Å². The number of piperidine rings is 1. The largest absolute Gasteiger partial charge is 0.480 e. The van der Waals surface area contributed by atoms with Crippen LogP contribution in [0.4, 0.5) is 4.79 Å². The molecule has 4 N–H and O–H groups in total. The second kappa shape index (κ2) is 5.83. The smallest absolute Gasteiger partial charge is 0.328 e. The van der Waals surface area contributed by atoms with Crippen molar-refractivity contribution < 1.29 is 24.9 Å². The molecule has 1 aliphatic rings. The van der Waals surface area contributed by atoms with E-state index in [2.05, 4.69) is 5.32 Å². The van der Waals surface area contributed by atoms with Crippen molar-refractivity contribution in [3.8, 4) is 0 Å². The van der Waals surface area contributed by atoms with Gasteiger partial charge in [0.25, 0.3) is 0 Å². The lowest BCUT2D eigenvalue weighted by molar-refractivity contribution is -0.140. The number of nitrogens with one attached hydrogen (secondary N) is 1. The van der Waals surface area contributed by atoms with Gasteiger partial charge in [0.15, 0.2) is 6.04 Å². The van der Waals surface area contributed by atoms with Gasteiger partial charge in [-0.25, -0.2) is 9.59 Å². The van der Waals surface area contributed by atoms with Crippen LogP contribution in [0.3, 0.4) is 0 Å². The van der Waals surface area contributed by atoms with Crippen molar-refractivity contribution in [1.29, 1.82) is 0 Å². The maximum absolute atomic E-state index is 11.7. The molecule has 0 radical (unpaired) electrons. The van der Waals surface area contributed by atoms with Gasteiger partial charge < -0.3 is 25.5 Å². The Labute approximate surface area is 99.0 Å². The van der Waals surface area contributed by atoms with E-state index in [9.17, 15) is 14.7 Å². The Hall–Kier alpha value is -1.34. The van der Waals surface area contributed by atoms with Crippen LogP contribution in [0.2, 0.25) is 0 Å². The normalized spacial score (nSPS) is 26.4. The number of aliphatic hydroxyl groups excluding tert-OH is 2. The maximum Gasteiger partial charge on any atom is 0.328 e. The molecule has 1 aliphatic heterocycles. The first kappa shape index (κ1) is 13.7. The lowest BCUT2D eigenvalue weighted by Crippen LogP contribution is -2.53. The lowest BCUT2D eigenvalue weighted by Gasteiger charge is -2.34. The summed E-state index contributed by atoms with van der Waals surface area (Å²) in [5.41, 5.74) is 0. The van der Waals surface area contributed by atoms with Crippen molar-refractivity contribution in [2.24, 2.45) is 5.92 Å². The van der Waals surface area contributed by atoms with E-state index >= 15 is 0 Å². The Morgan fingerprint density at radius 1 is 1.53 bits per heavy atom. The van der Waals surface area contributed by atoms with Gasteiger partial charge in [-0.2, -0.15) is 0 Å². The molecule has 3 atom stereocenters. The van der Waals surface area contributed by atoms with Crippen LogP contribution >= 0.6 is 0 Å². The summed E-state index contributed by atoms with van der Waals surface area (Å²) in [6.45, 7) is 1.94. The first-order valence-corrected chi connectivity index (χ1v) is 5.53. The van der Waals surface area contributed by atoms with Gasteiger partial charge in [-0.05, 0) is 12.3 Å². The molecule has 0 aromatic heterocycles. The molecule has 0 spiro atoms. The number of hydrogen-bond acceptors (Lipinski definition) is 4. The second-order valence-corrected chi connectivity index (χ2v) is 4.30. The predicted molar refractivity (Wildman–Crippen MR) is 58.4 cm³/mol. The highest BCUT2D eigenvalue weighted by molar-refractivity contribution is 5.82. The molecule has 7 heteroatoms. The third-order valence-corrected chi connectivity index (χ3v) is 2.93. The number of amides is 2. The van der Waals surface area contributed by atoms with E-state index in [1.165, 1.54) is 4.90 Å². The topological polar surface area (TPSA) is 110 Å². The van der Waals surface area contributed by atoms with Crippen LogP contribution in [0, 0.1) is 5.92 Å². The summed E-state index contributed by atoms with van der Waals surface area (Å²) in [6.07, 6.45) is 0.0537. The Morgan fingerprint density at radius 3 is 2.65 bits per heavy atom. The van der Waals surface area contributed by atoms with Gasteiger partial charge in [-0.1, -0.05) is 6.92 Å². The molecule has 7 nitrogen and oxygen atoms in total. The predicted octanol–water partition coefficient (Wildman–Crippen LogP) is -1.16. The van der Waals surface area contributed by atoms with E-state index < -0.39 is 30.8 Å². The zero-order valence-corrected chi connectivity index (χ0v) is 9.67. The fraction of sp³-hybridized carbons (Fsp3) is 0.800. The molecule has 0 aliphatic carbocycles. The van der Waals surface area contributed by atoms with Crippen molar-refractivity contribution in [2.45, 2.75) is 25.5 Å². The SMILES string of the molecule is CC1CN(C(=O)N[C@@H](CO)C(=O)O)CCC1O. The minimum absolute atomic E-state index is 0.0353. The number of urea groups is 1. The van der Waals surface area contributed by atoms with Crippen molar-refractivity contribution in [3.63, 3.8) is 0 Å². The molecule has 0 aromatic rings. The van der Waals surface area contributed by atoms with Gasteiger partial charge in [0.2, 0.25) is 0 Å². The molecule has 0 bridgehead atoms. The molecule has 1 heterocycles. The number of nitrogens with zero attached hydrogens (tertiary/aromatic N) is 1. The van der Waals surface area contributed by atoms with Crippen LogP contribution in [0.15, 0.2) is 0 Å². The first-order chi connectivity index (χ1) is 7.95. The van der Waals surface area contributed by atoms with Gasteiger partial charge in [0.1, 0.15) is 0 Å². The number of carbonyl (C=O) groups is 2. The molecule has 2 amide bonds. The molecule has 0 saturated carbocycles. The molecule has 98 valence electrons. The van der Waals surface area contributed by atoms with Crippen molar-refractivity contribution in [1.82, 2.24) is 10.2 Å². The monoisotopic (exact) mass is 246 g/mol. The van der Waals surface area contributed by atoms with E-state index in [4.69, 9.17) is 10.2 Å². The Bertz CT molecular complexity index is 296. The quantitative estimate of drug-likeness (QED) is 0.502. The fourth-order valence-corrected chi connectivity index (χ4v) is 1.74. The summed E-state index contributed by atoms with van der Waals surface area (Å²) in [7, 11) is 0. The average Bonchev–Trinajstić information content (AvgIpc) is 2.28. The number of carboxylic acids is 1. The summed E-state index contributed by atoms with van der Waals surface area (Å²) < 4.78 is 0. The molecule has 0 aromatic carbocycles. The third-order valence-electron chi connectivity index (χ3n) is 2.93. The number of likely N-dealkylation sites (tertiary alicyclic amines) is 1. The van der Waals surface area contributed by atoms with Crippen LogP contribution in [0.25, 0.3) is 0 Å². The molecular weight excluding hydrogens is 228 g/mol. The summed E-state index contributed by atoms with van der Waals surface area (Å²) in [5.74, 6) is -1.31. The van der Waals surface area contributed by atoms with Crippen molar-refractivity contribution in [3.05, 3.63) is 0 Å². The summed E-state index contributed by atoms with van der Waals surface area (Å²) in [6, 6.07) is -1.81. The highest BCUT2D eigenvalue weighted by Gasteiger charge is 2.29. The summed E-state index contributed by atoms with van der Waals surface area (Å²) in [5, 5.41) is 29.2. The Kier molecular flexibility index (Phi) is 4.71. The van der Waals surface area contributed by atoms with Gasteiger partial charge in [-0.15, -0.1) is 0 Å². The second-order valence-electron chi connectivity index (χ2n) is 4.30. The van der Waals surface area contributed by atoms with Gasteiger partial charge in [-0.3, -0.25) is 0 Å². The van der Waals surface area contributed by atoms with E-state index in [0.29, 0.717) is 19.5 Å². The van der Waals surface area contributed by atoms with Gasteiger partial charge in [0, 0.05) is 13.1 Å².